The van der Waals surface area contributed by atoms with Gasteiger partial charge in [0.1, 0.15) is 0 Å². The molecule has 0 aromatic heterocycles. The molecule has 0 bridgehead atoms. The molecule has 0 aliphatic rings. The molecule has 0 unspecified atom stereocenters. The predicted molar refractivity (Wildman–Crippen MR) is 33.4 cm³/mol. The minimum atomic E-state index is -3.11. The van der Waals surface area contributed by atoms with E-state index in [9.17, 15) is 0 Å². The maximum Gasteiger partial charge on any atom is 3.00 e. The van der Waals surface area contributed by atoms with Crippen molar-refractivity contribution in [2.45, 2.75) is 0 Å². The average Bonchev–Trinajstić information content (AvgIpc) is 1.54. The predicted octanol–water partition coefficient (Wildman–Crippen LogP) is -3.98. The maximum absolute atomic E-state index is 8.44. The summed E-state index contributed by atoms with van der Waals surface area (Å²) in [4.78, 5) is 0. The van der Waals surface area contributed by atoms with Crippen molar-refractivity contribution in [2.75, 3.05) is 0 Å². The molecule has 0 aromatic carbocycles. The molecule has 0 aliphatic carbocycles. The Morgan fingerprint density at radius 1 is 0.500 bits per heavy atom. The first-order chi connectivity index (χ1) is 5.20. The zero-order chi connectivity index (χ0) is 10.7. The van der Waals surface area contributed by atoms with E-state index in [1.807, 2.05) is 0 Å². The smallest absolute Gasteiger partial charge is 0.784 e. The van der Waals surface area contributed by atoms with E-state index in [0.717, 1.165) is 0 Å². The molecule has 0 rings (SSSR count). The summed E-state index contributed by atoms with van der Waals surface area (Å²) in [6.45, 7) is 0. The standard InChI is InChI=1S/2N.3H2O3S.2Rh/c;;3*1-4(2)3;;/h;;3*(H2,1,2,3);;/q;;;;;2*+3/p-6. The summed E-state index contributed by atoms with van der Waals surface area (Å²) in [6.07, 6.45) is 0. The maximum atomic E-state index is 8.44. The molecule has 0 aromatic rings. The Bertz CT molecular complexity index is 124. The van der Waals surface area contributed by atoms with Crippen LogP contribution in [0.4, 0.5) is 0 Å². The molecular weight excluding hydrogens is 474 g/mol. The van der Waals surface area contributed by atoms with Gasteiger partial charge in [-0.25, -0.2) is 0 Å². The van der Waals surface area contributed by atoms with Gasteiger partial charge in [0.15, 0.2) is 0 Å². The molecule has 16 heteroatoms. The Morgan fingerprint density at radius 2 is 0.500 bits per heavy atom. The summed E-state index contributed by atoms with van der Waals surface area (Å²) in [7, 11) is 0. The molecule has 0 saturated carbocycles. The van der Waals surface area contributed by atoms with Gasteiger partial charge < -0.3 is 27.3 Å². The Labute approximate surface area is 125 Å². The fraction of sp³-hybridized carbons (Fsp3) is 0. The van der Waals surface area contributed by atoms with E-state index in [0.29, 0.717) is 0 Å². The normalized spacial score (nSPS) is 6.56. The van der Waals surface area contributed by atoms with Gasteiger partial charge in [0.05, 0.1) is 0 Å². The van der Waals surface area contributed by atoms with Crippen molar-refractivity contribution in [2.24, 2.45) is 0 Å². The van der Waals surface area contributed by atoms with Crippen LogP contribution in [0.5, 0.6) is 0 Å². The van der Waals surface area contributed by atoms with Gasteiger partial charge in [-0.3, -0.25) is 12.6 Å². The average molecular weight is 474 g/mol. The zero-order valence-electron chi connectivity index (χ0n) is 6.46. The van der Waals surface area contributed by atoms with Gasteiger partial charge in [0.25, 0.3) is 0 Å². The number of hydrogen-bond acceptors (Lipinski definition) is 9. The summed E-state index contributed by atoms with van der Waals surface area (Å²) in [5, 5.41) is 0. The molecule has 0 saturated heterocycles. The summed E-state index contributed by atoms with van der Waals surface area (Å²) < 4.78 is 76.0. The molecule has 0 spiro atoms. The van der Waals surface area contributed by atoms with Crippen LogP contribution in [0.1, 0.15) is 0 Å². The van der Waals surface area contributed by atoms with Crippen molar-refractivity contribution in [3.8, 4) is 0 Å². The van der Waals surface area contributed by atoms with Gasteiger partial charge in [0, 0.05) is 12.3 Å². The second kappa shape index (κ2) is 36.0. The molecule has 0 heterocycles. The minimum absolute atomic E-state index is 0. The molecule has 11 nitrogen and oxygen atoms in total. The van der Waals surface area contributed by atoms with Crippen molar-refractivity contribution < 1.29 is 78.9 Å². The Kier molecular flexibility index (Phi) is 97.3. The van der Waals surface area contributed by atoms with E-state index in [1.54, 1.807) is 0 Å². The molecular formula is N2O9Rh2S3. The fourth-order valence-electron chi connectivity index (χ4n) is 0. The third kappa shape index (κ3) is 1680. The Balaban J connectivity index is -0.0000000135. The molecule has 0 atom stereocenters. The van der Waals surface area contributed by atoms with Gasteiger partial charge in [-0.1, -0.05) is 0 Å². The Hall–Kier alpha value is 1.38. The van der Waals surface area contributed by atoms with E-state index in [4.69, 9.17) is 39.9 Å². The molecule has 6 radical (unpaired) electrons. The minimum Gasteiger partial charge on any atom is -0.784 e. The van der Waals surface area contributed by atoms with E-state index in [-0.39, 0.29) is 51.3 Å². The van der Waals surface area contributed by atoms with E-state index < -0.39 is 34.1 Å². The molecule has 16 heavy (non-hydrogen) atoms. The number of rotatable bonds is 0. The summed E-state index contributed by atoms with van der Waals surface area (Å²) in [5.41, 5.74) is 0. The largest absolute Gasteiger partial charge is 3.00 e. The van der Waals surface area contributed by atoms with Crippen molar-refractivity contribution in [1.29, 1.82) is 0 Å². The van der Waals surface area contributed by atoms with E-state index >= 15 is 0 Å². The van der Waals surface area contributed by atoms with E-state index in [2.05, 4.69) is 0 Å². The monoisotopic (exact) mass is 474 g/mol. The molecule has 0 amide bonds. The second-order valence-corrected chi connectivity index (χ2v) is 1.84. The van der Waals surface area contributed by atoms with Crippen molar-refractivity contribution >= 4 is 34.1 Å². The Morgan fingerprint density at radius 3 is 0.500 bits per heavy atom. The van der Waals surface area contributed by atoms with Crippen LogP contribution in [0.25, 0.3) is 0 Å². The van der Waals surface area contributed by atoms with Crippen LogP contribution < -0.4 is 12.3 Å². The molecule has 0 aliphatic heterocycles. The number of nitrogens with zero attached hydrogens (tertiary/aromatic N) is 2. The molecule has 0 fully saturated rings. The van der Waals surface area contributed by atoms with Crippen LogP contribution in [0.2, 0.25) is 0 Å². The zero-order valence-corrected chi connectivity index (χ0v) is 12.2. The van der Waals surface area contributed by atoms with Crippen LogP contribution in [0.3, 0.4) is 0 Å². The first-order valence-electron chi connectivity index (χ1n) is 1.50. The fourth-order valence-corrected chi connectivity index (χ4v) is 0. The van der Waals surface area contributed by atoms with Gasteiger partial charge >= 0.3 is 39.0 Å². The SMILES string of the molecule is O=S([O-])[O-].O=S([O-])[O-].O=S([O-])[O-].[N].[N].[Rh+3].[Rh+3]. The third-order valence-corrected chi connectivity index (χ3v) is 0. The van der Waals surface area contributed by atoms with Gasteiger partial charge in [-0.05, 0) is 0 Å². The third-order valence-electron chi connectivity index (χ3n) is 0. The van der Waals surface area contributed by atoms with Gasteiger partial charge in [0.2, 0.25) is 0 Å². The first-order valence-corrected chi connectivity index (χ1v) is 4.50. The van der Waals surface area contributed by atoms with Crippen LogP contribution in [0, 0.1) is 0 Å². The van der Waals surface area contributed by atoms with Crippen LogP contribution in [0.15, 0.2) is 0 Å². The van der Waals surface area contributed by atoms with Gasteiger partial charge in [-0.15, -0.1) is 34.1 Å². The van der Waals surface area contributed by atoms with Crippen molar-refractivity contribution in [1.82, 2.24) is 12.3 Å². The molecule has 100 valence electrons. The van der Waals surface area contributed by atoms with E-state index in [1.165, 1.54) is 0 Å². The summed E-state index contributed by atoms with van der Waals surface area (Å²) in [5.74, 6) is 0. The summed E-state index contributed by atoms with van der Waals surface area (Å²) >= 11 is -9.33. The van der Waals surface area contributed by atoms with Crippen LogP contribution in [-0.2, 0) is 73.0 Å². The quantitative estimate of drug-likeness (QED) is 0.245. The molecule has 0 N–H and O–H groups in total. The van der Waals surface area contributed by atoms with Crippen molar-refractivity contribution in [3.63, 3.8) is 0 Å². The number of hydrogen-bond donors (Lipinski definition) is 0. The van der Waals surface area contributed by atoms with Crippen LogP contribution >= 0.6 is 0 Å². The van der Waals surface area contributed by atoms with Gasteiger partial charge in [-0.2, -0.15) is 0 Å². The second-order valence-electron chi connectivity index (χ2n) is 0.612. The topological polar surface area (TPSA) is 251 Å². The van der Waals surface area contributed by atoms with Crippen LogP contribution in [-0.4, -0.2) is 39.9 Å². The van der Waals surface area contributed by atoms with Crippen molar-refractivity contribution in [3.05, 3.63) is 0 Å². The summed E-state index contributed by atoms with van der Waals surface area (Å²) in [6, 6.07) is 0. The first kappa shape index (κ1) is 43.3.